The van der Waals surface area contributed by atoms with Crippen molar-refractivity contribution in [3.8, 4) is 0 Å². The van der Waals surface area contributed by atoms with Gasteiger partial charge in [0, 0.05) is 33.4 Å². The Labute approximate surface area is 162 Å². The van der Waals surface area contributed by atoms with Gasteiger partial charge in [-0.25, -0.2) is 0 Å². The van der Waals surface area contributed by atoms with Crippen LogP contribution < -0.4 is 10.6 Å². The zero-order valence-electron chi connectivity index (χ0n) is 14.1. The Morgan fingerprint density at radius 3 is 2.32 bits per heavy atom. The monoisotopic (exact) mass is 479 g/mol. The summed E-state index contributed by atoms with van der Waals surface area (Å²) in [7, 11) is 1.63. The SMILES string of the molecule is CN=C(NCCCOCc1ccco1)NCCCOCC(F)(F)F.I. The number of nitrogens with one attached hydrogen (secondary N) is 2. The van der Waals surface area contributed by atoms with E-state index in [0.717, 1.165) is 12.2 Å². The lowest BCUT2D eigenvalue weighted by molar-refractivity contribution is -0.173. The summed E-state index contributed by atoms with van der Waals surface area (Å²) in [4.78, 5) is 4.02. The van der Waals surface area contributed by atoms with E-state index in [0.29, 0.717) is 38.7 Å². The van der Waals surface area contributed by atoms with E-state index in [9.17, 15) is 13.2 Å². The van der Waals surface area contributed by atoms with Crippen molar-refractivity contribution >= 4 is 29.9 Å². The second kappa shape index (κ2) is 14.2. The van der Waals surface area contributed by atoms with Gasteiger partial charge in [0.1, 0.15) is 19.0 Å². The molecule has 0 aliphatic carbocycles. The number of aliphatic imine (C=N–C) groups is 1. The molecule has 0 amide bonds. The van der Waals surface area contributed by atoms with Crippen LogP contribution in [0.5, 0.6) is 0 Å². The lowest BCUT2D eigenvalue weighted by Gasteiger charge is -2.12. The Bertz CT molecular complexity index is 457. The first kappa shape index (κ1) is 24.0. The van der Waals surface area contributed by atoms with Crippen LogP contribution in [0.3, 0.4) is 0 Å². The number of alkyl halides is 3. The molecule has 1 rings (SSSR count). The number of hydrogen-bond acceptors (Lipinski definition) is 4. The zero-order chi connectivity index (χ0) is 17.7. The minimum Gasteiger partial charge on any atom is -0.467 e. The molecular formula is C15H25F3IN3O3. The summed E-state index contributed by atoms with van der Waals surface area (Å²) in [6.45, 7) is 1.00. The summed E-state index contributed by atoms with van der Waals surface area (Å²) in [5.74, 6) is 1.38. The number of furan rings is 1. The molecule has 0 saturated heterocycles. The van der Waals surface area contributed by atoms with Crippen molar-refractivity contribution < 1.29 is 27.1 Å². The fraction of sp³-hybridized carbons (Fsp3) is 0.667. The van der Waals surface area contributed by atoms with Gasteiger partial charge >= 0.3 is 6.18 Å². The average Bonchev–Trinajstić information content (AvgIpc) is 3.04. The highest BCUT2D eigenvalue weighted by molar-refractivity contribution is 14.0. The summed E-state index contributed by atoms with van der Waals surface area (Å²) in [6, 6.07) is 3.66. The van der Waals surface area contributed by atoms with Crippen LogP contribution in [0.4, 0.5) is 13.2 Å². The lowest BCUT2D eigenvalue weighted by atomic mass is 10.4. The third-order valence-corrected chi connectivity index (χ3v) is 2.83. The van der Waals surface area contributed by atoms with E-state index < -0.39 is 12.8 Å². The molecule has 0 aromatic carbocycles. The van der Waals surface area contributed by atoms with Crippen LogP contribution in [0.15, 0.2) is 27.8 Å². The number of ether oxygens (including phenoxy) is 2. The van der Waals surface area contributed by atoms with Crippen molar-refractivity contribution in [1.82, 2.24) is 10.6 Å². The lowest BCUT2D eigenvalue weighted by Crippen LogP contribution is -2.38. The van der Waals surface area contributed by atoms with Crippen molar-refractivity contribution in [3.05, 3.63) is 24.2 Å². The van der Waals surface area contributed by atoms with Crippen molar-refractivity contribution in [2.75, 3.05) is 40.0 Å². The molecule has 0 aliphatic rings. The van der Waals surface area contributed by atoms with Gasteiger partial charge in [-0.1, -0.05) is 0 Å². The zero-order valence-corrected chi connectivity index (χ0v) is 16.4. The van der Waals surface area contributed by atoms with Crippen LogP contribution in [0.1, 0.15) is 18.6 Å². The highest BCUT2D eigenvalue weighted by Crippen LogP contribution is 2.14. The molecule has 0 bridgehead atoms. The largest absolute Gasteiger partial charge is 0.467 e. The Balaban J connectivity index is 0.00000576. The molecule has 0 fully saturated rings. The van der Waals surface area contributed by atoms with Crippen LogP contribution in [-0.4, -0.2) is 52.1 Å². The van der Waals surface area contributed by atoms with Gasteiger partial charge in [0.05, 0.1) is 6.26 Å². The van der Waals surface area contributed by atoms with Crippen molar-refractivity contribution in [3.63, 3.8) is 0 Å². The Kier molecular flexibility index (Phi) is 13.6. The minimum atomic E-state index is -4.27. The van der Waals surface area contributed by atoms with E-state index in [1.807, 2.05) is 12.1 Å². The van der Waals surface area contributed by atoms with Crippen molar-refractivity contribution in [1.29, 1.82) is 0 Å². The number of guanidine groups is 1. The van der Waals surface area contributed by atoms with Gasteiger partial charge in [-0.3, -0.25) is 4.99 Å². The highest BCUT2D eigenvalue weighted by atomic mass is 127. The fourth-order valence-electron chi connectivity index (χ4n) is 1.74. The third kappa shape index (κ3) is 13.9. The van der Waals surface area contributed by atoms with Gasteiger partial charge in [-0.05, 0) is 25.0 Å². The highest BCUT2D eigenvalue weighted by Gasteiger charge is 2.27. The topological polar surface area (TPSA) is 68.0 Å². The predicted molar refractivity (Wildman–Crippen MR) is 99.3 cm³/mol. The van der Waals surface area contributed by atoms with Gasteiger partial charge in [-0.2, -0.15) is 13.2 Å². The second-order valence-electron chi connectivity index (χ2n) is 4.93. The predicted octanol–water partition coefficient (Wildman–Crippen LogP) is 2.94. The molecule has 0 saturated carbocycles. The molecular weight excluding hydrogens is 454 g/mol. The molecule has 0 unspecified atom stereocenters. The van der Waals surface area contributed by atoms with Crippen LogP contribution in [0, 0.1) is 0 Å². The maximum atomic E-state index is 11.9. The maximum absolute atomic E-state index is 11.9. The summed E-state index contributed by atoms with van der Waals surface area (Å²) in [6.07, 6.45) is -1.42. The summed E-state index contributed by atoms with van der Waals surface area (Å²) >= 11 is 0. The standard InChI is InChI=1S/C15H24F3N3O3.HI/c1-19-14(21-7-4-9-23-12-15(16,17)18)20-6-3-8-22-11-13-5-2-10-24-13;/h2,5,10H,3-4,6-9,11-12H2,1H3,(H2,19,20,21);1H. The van der Waals surface area contributed by atoms with Crippen molar-refractivity contribution in [2.24, 2.45) is 4.99 Å². The molecule has 0 spiro atoms. The molecule has 1 aromatic rings. The van der Waals surface area contributed by atoms with Crippen LogP contribution >= 0.6 is 24.0 Å². The van der Waals surface area contributed by atoms with E-state index in [1.54, 1.807) is 13.3 Å². The number of rotatable bonds is 11. The molecule has 1 heterocycles. The van der Waals surface area contributed by atoms with Gasteiger partial charge in [-0.15, -0.1) is 24.0 Å². The van der Waals surface area contributed by atoms with Gasteiger partial charge < -0.3 is 24.5 Å². The molecule has 1 aromatic heterocycles. The number of hydrogen-bond donors (Lipinski definition) is 2. The first-order valence-corrected chi connectivity index (χ1v) is 7.70. The van der Waals surface area contributed by atoms with Gasteiger partial charge in [0.2, 0.25) is 0 Å². The summed E-state index contributed by atoms with van der Waals surface area (Å²) < 4.78 is 50.7. The number of nitrogens with zero attached hydrogens (tertiary/aromatic N) is 1. The molecule has 0 atom stereocenters. The normalized spacial score (nSPS) is 11.9. The molecule has 0 radical (unpaired) electrons. The van der Waals surface area contributed by atoms with Gasteiger partial charge in [0.25, 0.3) is 0 Å². The maximum Gasteiger partial charge on any atom is 0.411 e. The fourth-order valence-corrected chi connectivity index (χ4v) is 1.74. The van der Waals surface area contributed by atoms with E-state index >= 15 is 0 Å². The average molecular weight is 479 g/mol. The first-order valence-electron chi connectivity index (χ1n) is 7.70. The van der Waals surface area contributed by atoms with Crippen LogP contribution in [0.2, 0.25) is 0 Å². The summed E-state index contributed by atoms with van der Waals surface area (Å²) in [5, 5.41) is 6.10. The molecule has 6 nitrogen and oxygen atoms in total. The minimum absolute atomic E-state index is 0. The van der Waals surface area contributed by atoms with E-state index in [2.05, 4.69) is 20.4 Å². The Morgan fingerprint density at radius 2 is 1.80 bits per heavy atom. The quantitative estimate of drug-likeness (QED) is 0.221. The van der Waals surface area contributed by atoms with Crippen LogP contribution in [-0.2, 0) is 16.1 Å². The summed E-state index contributed by atoms with van der Waals surface area (Å²) in [5.41, 5.74) is 0. The van der Waals surface area contributed by atoms with E-state index in [-0.39, 0.29) is 30.6 Å². The molecule has 0 aliphatic heterocycles. The molecule has 2 N–H and O–H groups in total. The molecule has 25 heavy (non-hydrogen) atoms. The molecule has 146 valence electrons. The first-order chi connectivity index (χ1) is 11.5. The third-order valence-electron chi connectivity index (χ3n) is 2.83. The van der Waals surface area contributed by atoms with E-state index in [1.165, 1.54) is 0 Å². The Hall–Kier alpha value is -1.01. The molecule has 10 heteroatoms. The second-order valence-corrected chi connectivity index (χ2v) is 4.93. The van der Waals surface area contributed by atoms with Crippen molar-refractivity contribution in [2.45, 2.75) is 25.6 Å². The smallest absolute Gasteiger partial charge is 0.411 e. The van der Waals surface area contributed by atoms with E-state index in [4.69, 9.17) is 9.15 Å². The van der Waals surface area contributed by atoms with Gasteiger partial charge in [0.15, 0.2) is 5.96 Å². The van der Waals surface area contributed by atoms with Crippen LogP contribution in [0.25, 0.3) is 0 Å². The number of halogens is 4. The Morgan fingerprint density at radius 1 is 1.16 bits per heavy atom.